The average Bonchev–Trinajstić information content (AvgIpc) is 3.10. The molecule has 0 saturated carbocycles. The third-order valence-corrected chi connectivity index (χ3v) is 5.56. The summed E-state index contributed by atoms with van der Waals surface area (Å²) in [6.07, 6.45) is 1.77. The van der Waals surface area contributed by atoms with Crippen molar-refractivity contribution in [1.82, 2.24) is 9.88 Å². The van der Waals surface area contributed by atoms with Gasteiger partial charge >= 0.3 is 0 Å². The first-order chi connectivity index (χ1) is 10.7. The molecule has 1 aromatic heterocycles. The van der Waals surface area contributed by atoms with Gasteiger partial charge in [-0.1, -0.05) is 35.5 Å². The molecule has 1 aromatic carbocycles. The number of hydrogen-bond acceptors (Lipinski definition) is 6. The summed E-state index contributed by atoms with van der Waals surface area (Å²) < 4.78 is 0.533. The van der Waals surface area contributed by atoms with Crippen molar-refractivity contribution in [2.24, 2.45) is 9.98 Å². The van der Waals surface area contributed by atoms with Crippen LogP contribution in [0.25, 0.3) is 0 Å². The molecule has 0 fully saturated rings. The predicted octanol–water partition coefficient (Wildman–Crippen LogP) is 3.32. The highest BCUT2D eigenvalue weighted by molar-refractivity contribution is 8.13. The molecule has 0 atom stereocenters. The fraction of sp³-hybridized carbons (Fsp3) is 0.143. The van der Waals surface area contributed by atoms with Crippen LogP contribution in [-0.2, 0) is 10.5 Å². The Kier molecular flexibility index (Phi) is 3.48. The van der Waals surface area contributed by atoms with E-state index in [-0.39, 0.29) is 12.5 Å². The van der Waals surface area contributed by atoms with E-state index in [0.29, 0.717) is 16.1 Å². The minimum atomic E-state index is -0.138. The van der Waals surface area contributed by atoms with Gasteiger partial charge in [0.1, 0.15) is 12.4 Å². The van der Waals surface area contributed by atoms with Gasteiger partial charge in [-0.05, 0) is 12.1 Å². The quantitative estimate of drug-likeness (QED) is 0.835. The predicted molar refractivity (Wildman–Crippen MR) is 90.2 cm³/mol. The van der Waals surface area contributed by atoms with Crippen LogP contribution in [-0.4, -0.2) is 33.3 Å². The molecule has 110 valence electrons. The average molecular weight is 349 g/mol. The molecule has 3 heterocycles. The topological polar surface area (TPSA) is 57.9 Å². The van der Waals surface area contributed by atoms with Gasteiger partial charge in [0.15, 0.2) is 9.63 Å². The molecule has 0 saturated heterocycles. The zero-order valence-electron chi connectivity index (χ0n) is 11.2. The number of amides is 1. The van der Waals surface area contributed by atoms with Crippen molar-refractivity contribution in [3.63, 3.8) is 0 Å². The lowest BCUT2D eigenvalue weighted by Crippen LogP contribution is -2.35. The van der Waals surface area contributed by atoms with Gasteiger partial charge in [-0.3, -0.25) is 9.69 Å². The maximum Gasteiger partial charge on any atom is 0.267 e. The number of benzene rings is 1. The highest BCUT2D eigenvalue weighted by Crippen LogP contribution is 2.33. The van der Waals surface area contributed by atoms with Crippen molar-refractivity contribution in [3.8, 4) is 0 Å². The normalized spacial score (nSPS) is 16.2. The first-order valence-corrected chi connectivity index (χ1v) is 8.69. The fourth-order valence-corrected chi connectivity index (χ4v) is 4.31. The second-order valence-electron chi connectivity index (χ2n) is 4.70. The van der Waals surface area contributed by atoms with Crippen LogP contribution in [0.1, 0.15) is 10.4 Å². The number of carbonyl (C=O) groups is 1. The highest BCUT2D eigenvalue weighted by Gasteiger charge is 2.33. The van der Waals surface area contributed by atoms with E-state index in [4.69, 9.17) is 11.6 Å². The molecule has 8 heteroatoms. The number of amidine groups is 2. The maximum atomic E-state index is 11.7. The molecule has 5 nitrogen and oxygen atoms in total. The van der Waals surface area contributed by atoms with Crippen LogP contribution >= 0.6 is 34.7 Å². The lowest BCUT2D eigenvalue weighted by Gasteiger charge is -2.25. The Hall–Kier alpha value is -1.70. The molecular formula is C14H9ClN4OS2. The van der Waals surface area contributed by atoms with E-state index in [1.165, 1.54) is 11.3 Å². The molecule has 2 aromatic rings. The van der Waals surface area contributed by atoms with Crippen molar-refractivity contribution in [2.45, 2.75) is 5.75 Å². The van der Waals surface area contributed by atoms with Gasteiger partial charge in [-0.2, -0.15) is 4.99 Å². The Morgan fingerprint density at radius 1 is 1.32 bits per heavy atom. The number of aromatic nitrogens is 1. The molecule has 4 rings (SSSR count). The summed E-state index contributed by atoms with van der Waals surface area (Å²) in [6, 6.07) is 7.73. The highest BCUT2D eigenvalue weighted by atomic mass is 35.5. The monoisotopic (exact) mass is 348 g/mol. The van der Waals surface area contributed by atoms with Crippen LogP contribution in [0, 0.1) is 0 Å². The third kappa shape index (κ3) is 2.45. The molecule has 0 spiro atoms. The minimum Gasteiger partial charge on any atom is -0.295 e. The van der Waals surface area contributed by atoms with Crippen LogP contribution in [0.3, 0.4) is 0 Å². The molecule has 0 radical (unpaired) electrons. The summed E-state index contributed by atoms with van der Waals surface area (Å²) in [5.41, 5.74) is 1.75. The van der Waals surface area contributed by atoms with E-state index in [1.54, 1.807) is 18.0 Å². The van der Waals surface area contributed by atoms with Gasteiger partial charge in [0.25, 0.3) is 5.91 Å². The number of nitrogens with zero attached hydrogens (tertiary/aromatic N) is 4. The van der Waals surface area contributed by atoms with Gasteiger partial charge in [0.05, 0.1) is 5.69 Å². The molecule has 0 unspecified atom stereocenters. The maximum absolute atomic E-state index is 11.7. The van der Waals surface area contributed by atoms with Crippen LogP contribution in [0.2, 0.25) is 4.47 Å². The van der Waals surface area contributed by atoms with Crippen molar-refractivity contribution < 1.29 is 4.79 Å². The van der Waals surface area contributed by atoms with Gasteiger partial charge in [-0.25, -0.2) is 9.98 Å². The number of thioether (sulfide) groups is 1. The Labute approximate surface area is 139 Å². The van der Waals surface area contributed by atoms with Crippen LogP contribution in [0.4, 0.5) is 5.69 Å². The van der Waals surface area contributed by atoms with Gasteiger partial charge in [0.2, 0.25) is 0 Å². The van der Waals surface area contributed by atoms with E-state index in [9.17, 15) is 4.79 Å². The Bertz CT molecular complexity index is 830. The summed E-state index contributed by atoms with van der Waals surface area (Å²) in [6.45, 7) is 0.249. The third-order valence-electron chi connectivity index (χ3n) is 3.24. The number of carbonyl (C=O) groups excluding carboxylic acids is 1. The van der Waals surface area contributed by atoms with E-state index in [0.717, 1.165) is 21.3 Å². The van der Waals surface area contributed by atoms with Crippen molar-refractivity contribution in [3.05, 3.63) is 45.4 Å². The number of thiazole rings is 1. The van der Waals surface area contributed by atoms with Gasteiger partial charge in [-0.15, -0.1) is 11.3 Å². The Morgan fingerprint density at radius 3 is 3.00 bits per heavy atom. The van der Waals surface area contributed by atoms with E-state index in [2.05, 4.69) is 15.0 Å². The molecule has 0 aliphatic carbocycles. The summed E-state index contributed by atoms with van der Waals surface area (Å²) in [5.74, 6) is 1.27. The van der Waals surface area contributed by atoms with Crippen LogP contribution in [0.15, 0.2) is 40.4 Å². The number of fused-ring (bicyclic) bond motifs is 3. The SMILES string of the molecule is O=C1CN2C(SCc3cnc(Cl)s3)=Nc3ccccc3C2=N1. The molecule has 2 aliphatic heterocycles. The number of rotatable bonds is 2. The number of hydrogen-bond donors (Lipinski definition) is 0. The Balaban J connectivity index is 1.66. The van der Waals surface area contributed by atoms with E-state index >= 15 is 0 Å². The minimum absolute atomic E-state index is 0.138. The van der Waals surface area contributed by atoms with Gasteiger partial charge < -0.3 is 0 Å². The number of aliphatic imine (C=N–C) groups is 2. The van der Waals surface area contributed by atoms with E-state index < -0.39 is 0 Å². The molecular weight excluding hydrogens is 340 g/mol. The number of para-hydroxylation sites is 1. The lowest BCUT2D eigenvalue weighted by molar-refractivity contribution is -0.116. The largest absolute Gasteiger partial charge is 0.295 e. The lowest BCUT2D eigenvalue weighted by atomic mass is 10.1. The summed E-state index contributed by atoms with van der Waals surface area (Å²) >= 11 is 8.86. The van der Waals surface area contributed by atoms with Crippen molar-refractivity contribution in [2.75, 3.05) is 6.54 Å². The fourth-order valence-electron chi connectivity index (χ4n) is 2.31. The summed E-state index contributed by atoms with van der Waals surface area (Å²) in [7, 11) is 0. The zero-order chi connectivity index (χ0) is 15.1. The molecule has 0 bridgehead atoms. The van der Waals surface area contributed by atoms with Crippen molar-refractivity contribution in [1.29, 1.82) is 0 Å². The standard InChI is InChI=1S/C14H9ClN4OS2/c15-13-16-5-8(22-13)7-21-14-17-10-4-2-1-3-9(10)12-18-11(20)6-19(12)14/h1-5H,6-7H2. The summed E-state index contributed by atoms with van der Waals surface area (Å²) in [4.78, 5) is 27.5. The first-order valence-electron chi connectivity index (χ1n) is 6.51. The molecule has 2 aliphatic rings. The summed E-state index contributed by atoms with van der Waals surface area (Å²) in [5, 5.41) is 0.785. The second kappa shape index (κ2) is 5.49. The molecule has 1 amide bonds. The Morgan fingerprint density at radius 2 is 2.18 bits per heavy atom. The molecule has 0 N–H and O–H groups in total. The van der Waals surface area contributed by atoms with Crippen LogP contribution < -0.4 is 0 Å². The van der Waals surface area contributed by atoms with Crippen molar-refractivity contribution >= 4 is 57.3 Å². The van der Waals surface area contributed by atoms with E-state index in [1.807, 2.05) is 29.2 Å². The van der Waals surface area contributed by atoms with Crippen LogP contribution in [0.5, 0.6) is 0 Å². The van der Waals surface area contributed by atoms with Gasteiger partial charge in [0, 0.05) is 22.4 Å². The number of halogens is 1. The first kappa shape index (κ1) is 13.9. The molecule has 22 heavy (non-hydrogen) atoms. The zero-order valence-corrected chi connectivity index (χ0v) is 13.6. The smallest absolute Gasteiger partial charge is 0.267 e. The second-order valence-corrected chi connectivity index (χ2v) is 7.33.